The Morgan fingerprint density at radius 3 is 2.46 bits per heavy atom. The van der Waals surface area contributed by atoms with Crippen LogP contribution < -0.4 is 5.32 Å². The Labute approximate surface area is 299 Å². The van der Waals surface area contributed by atoms with E-state index < -0.39 is 72.0 Å². The SMILES string of the molecule is O=C1CC/C=C\[C@H]2O[C@]34C=CCN(Cn5nnc6ccccc65)C(=O)[C@H]3N([C@H](CO)c3ccccc3)C(=O)[C@@H]4[C@H]2C(=O)N[C@H](c2ccccc2)CO1. The van der Waals surface area contributed by atoms with Gasteiger partial charge in [-0.15, -0.1) is 5.10 Å². The van der Waals surface area contributed by atoms with Gasteiger partial charge in [0.2, 0.25) is 11.8 Å². The number of aliphatic hydroxyl groups excluding tert-OH is 1. The highest BCUT2D eigenvalue weighted by Gasteiger charge is 2.72. The average Bonchev–Trinajstić information content (AvgIpc) is 3.76. The number of hydrogen-bond donors (Lipinski definition) is 2. The van der Waals surface area contributed by atoms with Crippen molar-refractivity contribution in [2.75, 3.05) is 19.8 Å². The molecule has 5 heterocycles. The first kappa shape index (κ1) is 33.5. The van der Waals surface area contributed by atoms with Gasteiger partial charge in [0.25, 0.3) is 5.91 Å². The summed E-state index contributed by atoms with van der Waals surface area (Å²) in [6, 6.07) is 22.8. The molecule has 0 saturated carbocycles. The molecule has 52 heavy (non-hydrogen) atoms. The van der Waals surface area contributed by atoms with Crippen molar-refractivity contribution in [3.05, 3.63) is 120 Å². The molecule has 8 rings (SSSR count). The number of allylic oxidation sites excluding steroid dienone is 1. The van der Waals surface area contributed by atoms with E-state index in [2.05, 4.69) is 15.6 Å². The molecule has 3 amide bonds. The number of nitrogens with one attached hydrogen (secondary N) is 1. The molecule has 1 aromatic heterocycles. The Kier molecular flexibility index (Phi) is 8.89. The van der Waals surface area contributed by atoms with Crippen LogP contribution in [0.4, 0.5) is 0 Å². The number of nitrogens with zero attached hydrogens (tertiary/aromatic N) is 5. The summed E-state index contributed by atoms with van der Waals surface area (Å²) in [6.07, 6.45) is 6.56. The number of para-hydroxylation sites is 1. The summed E-state index contributed by atoms with van der Waals surface area (Å²) >= 11 is 0. The quantitative estimate of drug-likeness (QED) is 0.228. The Hall–Kier alpha value is -5.66. The number of cyclic esters (lactones) is 1. The maximum absolute atomic E-state index is 15.1. The van der Waals surface area contributed by atoms with Crippen molar-refractivity contribution in [3.63, 3.8) is 0 Å². The lowest BCUT2D eigenvalue weighted by Crippen LogP contribution is -2.56. The summed E-state index contributed by atoms with van der Waals surface area (Å²) < 4.78 is 14.1. The molecule has 2 N–H and O–H groups in total. The predicted molar refractivity (Wildman–Crippen MR) is 187 cm³/mol. The zero-order valence-corrected chi connectivity index (χ0v) is 28.2. The Morgan fingerprint density at radius 1 is 0.923 bits per heavy atom. The molecule has 1 spiro atoms. The van der Waals surface area contributed by atoms with Crippen molar-refractivity contribution in [2.45, 2.75) is 49.3 Å². The van der Waals surface area contributed by atoms with Crippen molar-refractivity contribution < 1.29 is 33.8 Å². The van der Waals surface area contributed by atoms with Gasteiger partial charge >= 0.3 is 5.97 Å². The van der Waals surface area contributed by atoms with Crippen LogP contribution in [-0.4, -0.2) is 91.1 Å². The maximum Gasteiger partial charge on any atom is 0.306 e. The highest BCUT2D eigenvalue weighted by Crippen LogP contribution is 2.54. The van der Waals surface area contributed by atoms with Crippen LogP contribution in [-0.2, 0) is 35.3 Å². The number of fused-ring (bicyclic) bond motifs is 3. The zero-order chi connectivity index (χ0) is 35.8. The minimum Gasteiger partial charge on any atom is -0.463 e. The summed E-state index contributed by atoms with van der Waals surface area (Å²) in [5.41, 5.74) is 1.20. The summed E-state index contributed by atoms with van der Waals surface area (Å²) in [5.74, 6) is -3.97. The summed E-state index contributed by atoms with van der Waals surface area (Å²) in [6.45, 7) is -0.356. The lowest BCUT2D eigenvalue weighted by Gasteiger charge is -2.38. The van der Waals surface area contributed by atoms with Crippen LogP contribution in [0.5, 0.6) is 0 Å². The van der Waals surface area contributed by atoms with E-state index in [9.17, 15) is 14.7 Å². The number of ether oxygens (including phenoxy) is 2. The van der Waals surface area contributed by atoms with E-state index in [0.29, 0.717) is 17.5 Å². The number of carbonyl (C=O) groups excluding carboxylic acids is 4. The molecule has 3 aromatic carbocycles. The lowest BCUT2D eigenvalue weighted by atomic mass is 9.77. The highest BCUT2D eigenvalue weighted by atomic mass is 16.5. The van der Waals surface area contributed by atoms with Crippen LogP contribution in [0.25, 0.3) is 11.0 Å². The van der Waals surface area contributed by atoms with E-state index in [4.69, 9.17) is 9.47 Å². The molecule has 4 aliphatic rings. The van der Waals surface area contributed by atoms with Crippen molar-refractivity contribution in [1.29, 1.82) is 0 Å². The Balaban J connectivity index is 1.23. The first-order valence-corrected chi connectivity index (χ1v) is 17.5. The standard InChI is InChI=1S/C39H38N6O7/c46-22-30(26-14-5-2-6-15-26)45-35-38(50)43(24-44-29-17-8-7-16-27(29)41-42-44)21-11-20-39(35)34(37(45)49)33-31(52-39)18-9-10-19-32(47)51-23-28(40-36(33)48)25-12-3-1-4-13-25/h1-9,11-18,20,28,30-31,33-35,46H,10,19,21-24H2,(H,40,48)/b18-9-/t28-,30+,31+,33-,34-,35+,39-/m0/s1. The van der Waals surface area contributed by atoms with Gasteiger partial charge in [0.15, 0.2) is 0 Å². The average molecular weight is 703 g/mol. The van der Waals surface area contributed by atoms with E-state index in [0.717, 1.165) is 11.1 Å². The van der Waals surface area contributed by atoms with Crippen molar-refractivity contribution in [2.24, 2.45) is 11.8 Å². The van der Waals surface area contributed by atoms with Crippen LogP contribution in [0.15, 0.2) is 109 Å². The van der Waals surface area contributed by atoms with Gasteiger partial charge in [0.05, 0.1) is 42.1 Å². The largest absolute Gasteiger partial charge is 0.463 e. The van der Waals surface area contributed by atoms with Crippen molar-refractivity contribution in [1.82, 2.24) is 30.1 Å². The molecule has 2 saturated heterocycles. The van der Waals surface area contributed by atoms with Gasteiger partial charge in [0, 0.05) is 13.0 Å². The van der Waals surface area contributed by atoms with Crippen molar-refractivity contribution >= 4 is 34.7 Å². The third kappa shape index (κ3) is 5.75. The second-order valence-corrected chi connectivity index (χ2v) is 13.5. The Bertz CT molecular complexity index is 2050. The first-order chi connectivity index (χ1) is 25.4. The maximum atomic E-state index is 15.1. The number of esters is 1. The summed E-state index contributed by atoms with van der Waals surface area (Å²) in [4.78, 5) is 60.3. The Morgan fingerprint density at radius 2 is 1.67 bits per heavy atom. The number of aliphatic hydroxyl groups is 1. The van der Waals surface area contributed by atoms with Crippen LogP contribution in [0.1, 0.15) is 36.1 Å². The molecule has 0 unspecified atom stereocenters. The molecule has 13 nitrogen and oxygen atoms in total. The predicted octanol–water partition coefficient (Wildman–Crippen LogP) is 2.85. The van der Waals surface area contributed by atoms with Crippen molar-refractivity contribution in [3.8, 4) is 0 Å². The lowest BCUT2D eigenvalue weighted by molar-refractivity contribution is -0.152. The zero-order valence-electron chi connectivity index (χ0n) is 28.2. The number of carbonyl (C=O) groups is 4. The fourth-order valence-electron chi connectivity index (χ4n) is 8.10. The van der Waals surface area contributed by atoms with Gasteiger partial charge in [0.1, 0.15) is 30.4 Å². The molecule has 4 aliphatic heterocycles. The minimum absolute atomic E-state index is 0.0398. The molecule has 2 fully saturated rings. The second-order valence-electron chi connectivity index (χ2n) is 13.5. The van der Waals surface area contributed by atoms with E-state index in [1.807, 2.05) is 60.7 Å². The molecule has 4 aromatic rings. The van der Waals surface area contributed by atoms with E-state index in [1.165, 1.54) is 4.90 Å². The second kappa shape index (κ2) is 13.8. The fourth-order valence-corrected chi connectivity index (χ4v) is 8.10. The summed E-state index contributed by atoms with van der Waals surface area (Å²) in [5, 5.41) is 22.5. The number of likely N-dealkylation sites (tertiary alicyclic amines) is 1. The van der Waals surface area contributed by atoms with Crippen LogP contribution in [0.2, 0.25) is 0 Å². The molecule has 7 atom stereocenters. The van der Waals surface area contributed by atoms with Gasteiger partial charge in [-0.1, -0.05) is 102 Å². The molecular formula is C39H38N6O7. The molecule has 13 heteroatoms. The number of rotatable bonds is 6. The smallest absolute Gasteiger partial charge is 0.306 e. The molecular weight excluding hydrogens is 664 g/mol. The molecule has 0 bridgehead atoms. The topological polar surface area (TPSA) is 156 Å². The van der Waals surface area contributed by atoms with Crippen LogP contribution >= 0.6 is 0 Å². The monoisotopic (exact) mass is 702 g/mol. The highest BCUT2D eigenvalue weighted by molar-refractivity contribution is 6.00. The van der Waals surface area contributed by atoms with Gasteiger partial charge in [-0.25, -0.2) is 4.68 Å². The molecule has 0 radical (unpaired) electrons. The molecule has 0 aliphatic carbocycles. The molecule has 266 valence electrons. The van der Waals surface area contributed by atoms with Crippen LogP contribution in [0, 0.1) is 11.8 Å². The minimum atomic E-state index is -1.57. The fraction of sp³-hybridized carbons (Fsp3) is 0.333. The van der Waals surface area contributed by atoms with E-state index in [-0.39, 0.29) is 26.2 Å². The van der Waals surface area contributed by atoms with Gasteiger partial charge in [-0.3, -0.25) is 19.2 Å². The van der Waals surface area contributed by atoms with Gasteiger partial charge < -0.3 is 29.7 Å². The van der Waals surface area contributed by atoms with Crippen LogP contribution in [0.3, 0.4) is 0 Å². The summed E-state index contributed by atoms with van der Waals surface area (Å²) in [7, 11) is 0. The third-order valence-electron chi connectivity index (χ3n) is 10.5. The number of benzene rings is 3. The number of amides is 3. The first-order valence-electron chi connectivity index (χ1n) is 17.5. The number of aromatic nitrogens is 3. The normalized spacial score (nSPS) is 28.9. The van der Waals surface area contributed by atoms with Gasteiger partial charge in [-0.2, -0.15) is 0 Å². The third-order valence-corrected chi connectivity index (χ3v) is 10.5. The van der Waals surface area contributed by atoms with E-state index >= 15 is 9.59 Å². The van der Waals surface area contributed by atoms with E-state index in [1.54, 1.807) is 58.2 Å². The van der Waals surface area contributed by atoms with Gasteiger partial charge in [-0.05, 0) is 29.7 Å². The number of hydrogen-bond acceptors (Lipinski definition) is 9.